The van der Waals surface area contributed by atoms with Crippen LogP contribution >= 0.6 is 11.6 Å². The first kappa shape index (κ1) is 11.6. The van der Waals surface area contributed by atoms with Crippen molar-refractivity contribution in [1.82, 2.24) is 10.2 Å². The van der Waals surface area contributed by atoms with Crippen LogP contribution in [0.5, 0.6) is 0 Å². The summed E-state index contributed by atoms with van der Waals surface area (Å²) >= 11 is 5.67. The van der Waals surface area contributed by atoms with Crippen LogP contribution in [0.15, 0.2) is 12.1 Å². The van der Waals surface area contributed by atoms with E-state index in [1.165, 1.54) is 0 Å². The quantitative estimate of drug-likeness (QED) is 0.829. The fourth-order valence-electron chi connectivity index (χ4n) is 1.65. The number of nitrogens with zero attached hydrogens (tertiary/aromatic N) is 3. The molecule has 1 fully saturated rings. The molecule has 0 saturated carbocycles. The molecule has 0 radical (unpaired) electrons. The van der Waals surface area contributed by atoms with Crippen LogP contribution in [0.25, 0.3) is 0 Å². The SMILES string of the molecule is C[C@H](O)C1CN(c2ccc(Cl)nn2)CCO1. The van der Waals surface area contributed by atoms with Crippen molar-refractivity contribution in [2.45, 2.75) is 19.1 Å². The normalized spacial score (nSPS) is 23.2. The van der Waals surface area contributed by atoms with Gasteiger partial charge in [0.1, 0.15) is 6.10 Å². The van der Waals surface area contributed by atoms with E-state index in [1.54, 1.807) is 13.0 Å². The highest BCUT2D eigenvalue weighted by Crippen LogP contribution is 2.16. The average molecular weight is 244 g/mol. The van der Waals surface area contributed by atoms with E-state index in [0.717, 1.165) is 12.4 Å². The summed E-state index contributed by atoms with van der Waals surface area (Å²) in [5.41, 5.74) is 0. The van der Waals surface area contributed by atoms with Gasteiger partial charge >= 0.3 is 0 Å². The van der Waals surface area contributed by atoms with Crippen LogP contribution in [0.3, 0.4) is 0 Å². The van der Waals surface area contributed by atoms with Crippen LogP contribution in [0.2, 0.25) is 5.15 Å². The molecule has 0 aliphatic carbocycles. The summed E-state index contributed by atoms with van der Waals surface area (Å²) in [6.07, 6.45) is -0.658. The van der Waals surface area contributed by atoms with Crippen molar-refractivity contribution < 1.29 is 9.84 Å². The van der Waals surface area contributed by atoms with E-state index < -0.39 is 6.10 Å². The number of anilines is 1. The van der Waals surface area contributed by atoms with Crippen molar-refractivity contribution in [3.05, 3.63) is 17.3 Å². The molecule has 1 unspecified atom stereocenters. The monoisotopic (exact) mass is 243 g/mol. The van der Waals surface area contributed by atoms with Crippen molar-refractivity contribution in [3.63, 3.8) is 0 Å². The fourth-order valence-corrected chi connectivity index (χ4v) is 1.75. The Labute approximate surface area is 99.0 Å². The van der Waals surface area contributed by atoms with Gasteiger partial charge in [-0.05, 0) is 19.1 Å². The molecule has 1 N–H and O–H groups in total. The lowest BCUT2D eigenvalue weighted by atomic mass is 10.2. The van der Waals surface area contributed by atoms with E-state index in [2.05, 4.69) is 10.2 Å². The number of rotatable bonds is 2. The molecule has 2 heterocycles. The first-order valence-electron chi connectivity index (χ1n) is 5.20. The Kier molecular flexibility index (Phi) is 3.58. The maximum Gasteiger partial charge on any atom is 0.151 e. The Bertz CT molecular complexity index is 344. The van der Waals surface area contributed by atoms with E-state index in [4.69, 9.17) is 16.3 Å². The number of morpholine rings is 1. The largest absolute Gasteiger partial charge is 0.391 e. The second-order valence-corrected chi connectivity index (χ2v) is 4.20. The van der Waals surface area contributed by atoms with Crippen LogP contribution in [0.4, 0.5) is 5.82 Å². The lowest BCUT2D eigenvalue weighted by Gasteiger charge is -2.34. The Balaban J connectivity index is 2.06. The van der Waals surface area contributed by atoms with E-state index in [9.17, 15) is 5.11 Å². The van der Waals surface area contributed by atoms with Gasteiger partial charge in [0.2, 0.25) is 0 Å². The van der Waals surface area contributed by atoms with Gasteiger partial charge in [0, 0.05) is 13.1 Å². The van der Waals surface area contributed by atoms with Crippen molar-refractivity contribution >= 4 is 17.4 Å². The Morgan fingerprint density at radius 1 is 1.56 bits per heavy atom. The number of aliphatic hydroxyl groups is 1. The lowest BCUT2D eigenvalue weighted by molar-refractivity contribution is -0.0366. The topological polar surface area (TPSA) is 58.5 Å². The number of halogens is 1. The summed E-state index contributed by atoms with van der Waals surface area (Å²) in [6, 6.07) is 3.52. The van der Waals surface area contributed by atoms with Crippen LogP contribution in [0.1, 0.15) is 6.92 Å². The van der Waals surface area contributed by atoms with Crippen LogP contribution in [-0.4, -0.2) is 47.2 Å². The molecule has 0 amide bonds. The highest BCUT2D eigenvalue weighted by molar-refractivity contribution is 6.29. The number of ether oxygens (including phenoxy) is 1. The lowest BCUT2D eigenvalue weighted by Crippen LogP contribution is -2.47. The summed E-state index contributed by atoms with van der Waals surface area (Å²) in [5, 5.41) is 17.7. The maximum absolute atomic E-state index is 9.48. The van der Waals surface area contributed by atoms with Gasteiger partial charge in [-0.15, -0.1) is 10.2 Å². The van der Waals surface area contributed by atoms with Crippen molar-refractivity contribution in [2.24, 2.45) is 0 Å². The van der Waals surface area contributed by atoms with Crippen molar-refractivity contribution in [1.29, 1.82) is 0 Å². The van der Waals surface area contributed by atoms with Gasteiger partial charge in [-0.25, -0.2) is 0 Å². The van der Waals surface area contributed by atoms with Gasteiger partial charge in [0.25, 0.3) is 0 Å². The van der Waals surface area contributed by atoms with Gasteiger partial charge in [-0.2, -0.15) is 0 Å². The minimum atomic E-state index is -0.483. The van der Waals surface area contributed by atoms with Gasteiger partial charge in [-0.1, -0.05) is 11.6 Å². The zero-order valence-corrected chi connectivity index (χ0v) is 9.76. The predicted molar refractivity (Wildman–Crippen MR) is 60.7 cm³/mol. The highest BCUT2D eigenvalue weighted by Gasteiger charge is 2.25. The molecular formula is C10H14ClN3O2. The minimum absolute atomic E-state index is 0.175. The van der Waals surface area contributed by atoms with Gasteiger partial charge in [0.05, 0.1) is 12.7 Å². The van der Waals surface area contributed by atoms with Crippen LogP contribution in [-0.2, 0) is 4.74 Å². The summed E-state index contributed by atoms with van der Waals surface area (Å²) < 4.78 is 5.45. The van der Waals surface area contributed by atoms with Gasteiger partial charge in [-0.3, -0.25) is 0 Å². The maximum atomic E-state index is 9.48. The number of hydrogen-bond acceptors (Lipinski definition) is 5. The van der Waals surface area contributed by atoms with Gasteiger partial charge in [0.15, 0.2) is 11.0 Å². The third-order valence-electron chi connectivity index (χ3n) is 2.57. The van der Waals surface area contributed by atoms with Crippen molar-refractivity contribution in [3.8, 4) is 0 Å². The molecule has 6 heteroatoms. The molecule has 2 rings (SSSR count). The molecule has 16 heavy (non-hydrogen) atoms. The summed E-state index contributed by atoms with van der Waals surface area (Å²) in [7, 11) is 0. The number of aliphatic hydroxyl groups excluding tert-OH is 1. The molecule has 1 saturated heterocycles. The van der Waals surface area contributed by atoms with E-state index in [-0.39, 0.29) is 6.10 Å². The molecule has 0 spiro atoms. The molecule has 0 aromatic carbocycles. The Morgan fingerprint density at radius 2 is 2.38 bits per heavy atom. The molecule has 1 aromatic rings. The highest BCUT2D eigenvalue weighted by atomic mass is 35.5. The number of hydrogen-bond donors (Lipinski definition) is 1. The molecule has 0 bridgehead atoms. The molecule has 88 valence electrons. The van der Waals surface area contributed by atoms with Crippen molar-refractivity contribution in [2.75, 3.05) is 24.6 Å². The zero-order chi connectivity index (χ0) is 11.5. The molecular weight excluding hydrogens is 230 g/mol. The molecule has 2 atom stereocenters. The Hall–Kier alpha value is -0.910. The molecule has 5 nitrogen and oxygen atoms in total. The minimum Gasteiger partial charge on any atom is -0.391 e. The molecule has 1 aliphatic rings. The summed E-state index contributed by atoms with van der Waals surface area (Å²) in [5.74, 6) is 0.762. The van der Waals surface area contributed by atoms with Crippen LogP contribution < -0.4 is 4.90 Å². The van der Waals surface area contributed by atoms with E-state index in [0.29, 0.717) is 18.3 Å². The van der Waals surface area contributed by atoms with Gasteiger partial charge < -0.3 is 14.7 Å². The first-order valence-corrected chi connectivity index (χ1v) is 5.58. The second-order valence-electron chi connectivity index (χ2n) is 3.81. The Morgan fingerprint density at radius 3 is 3.00 bits per heavy atom. The first-order chi connectivity index (χ1) is 7.66. The predicted octanol–water partition coefficient (Wildman–Crippen LogP) is 0.716. The third-order valence-corrected chi connectivity index (χ3v) is 2.78. The van der Waals surface area contributed by atoms with E-state index in [1.807, 2.05) is 11.0 Å². The summed E-state index contributed by atoms with van der Waals surface area (Å²) in [6.45, 7) is 3.68. The summed E-state index contributed by atoms with van der Waals surface area (Å²) in [4.78, 5) is 2.03. The number of aromatic nitrogens is 2. The average Bonchev–Trinajstić information content (AvgIpc) is 2.30. The third kappa shape index (κ3) is 2.61. The van der Waals surface area contributed by atoms with Crippen LogP contribution in [0, 0.1) is 0 Å². The smallest absolute Gasteiger partial charge is 0.151 e. The second kappa shape index (κ2) is 4.95. The zero-order valence-electron chi connectivity index (χ0n) is 9.01. The molecule has 1 aromatic heterocycles. The fraction of sp³-hybridized carbons (Fsp3) is 0.600. The molecule has 1 aliphatic heterocycles. The van der Waals surface area contributed by atoms with E-state index >= 15 is 0 Å². The standard InChI is InChI=1S/C10H14ClN3O2/c1-7(15)8-6-14(4-5-16-8)10-3-2-9(11)12-13-10/h2-3,7-8,15H,4-6H2,1H3/t7-,8?/m0/s1.